The molecule has 0 aromatic heterocycles. The fraction of sp³-hybridized carbons (Fsp3) is 0.417. The second-order valence-electron chi connectivity index (χ2n) is 6.87. The molecule has 0 aliphatic rings. The Bertz CT molecular complexity index is 1000. The third-order valence-corrected chi connectivity index (χ3v) is 4.69. The number of hydrogen-bond acceptors (Lipinski definition) is 8. The molecule has 0 aliphatic carbocycles. The average molecular weight is 492 g/mol. The van der Waals surface area contributed by atoms with Gasteiger partial charge in [0.25, 0.3) is 5.91 Å². The van der Waals surface area contributed by atoms with E-state index in [1.807, 2.05) is 20.8 Å². The van der Waals surface area contributed by atoms with Crippen LogP contribution in [-0.4, -0.2) is 44.2 Å². The molecule has 1 atom stereocenters. The molecule has 0 heterocycles. The van der Waals surface area contributed by atoms with Crippen LogP contribution in [-0.2, 0) is 9.59 Å². The van der Waals surface area contributed by atoms with Crippen LogP contribution in [0, 0.1) is 0 Å². The van der Waals surface area contributed by atoms with Crippen LogP contribution in [0.4, 0.5) is 11.4 Å². The number of carbonyl (C=O) groups is 2. The van der Waals surface area contributed by atoms with Crippen molar-refractivity contribution in [2.24, 2.45) is 10.2 Å². The zero-order chi connectivity index (χ0) is 25.1. The molecule has 1 amide bonds. The molecule has 9 nitrogen and oxygen atoms in total. The van der Waals surface area contributed by atoms with Crippen molar-refractivity contribution in [1.82, 2.24) is 0 Å². The van der Waals surface area contributed by atoms with E-state index in [-0.39, 0.29) is 10.7 Å². The molecule has 0 spiro atoms. The summed E-state index contributed by atoms with van der Waals surface area (Å²) in [5, 5.41) is 10.9. The molecule has 10 heteroatoms. The van der Waals surface area contributed by atoms with Gasteiger partial charge in [0.15, 0.2) is 17.3 Å². The van der Waals surface area contributed by atoms with Crippen molar-refractivity contribution in [1.29, 1.82) is 0 Å². The number of carbonyl (C=O) groups excluding carboxylic acids is 2. The number of ketones is 1. The summed E-state index contributed by atoms with van der Waals surface area (Å²) in [5.74, 6) is 0.664. The van der Waals surface area contributed by atoms with Crippen LogP contribution in [0.1, 0.15) is 34.6 Å². The lowest BCUT2D eigenvalue weighted by Crippen LogP contribution is -2.32. The van der Waals surface area contributed by atoms with Gasteiger partial charge in [0, 0.05) is 18.2 Å². The normalized spacial score (nSPS) is 11.7. The summed E-state index contributed by atoms with van der Waals surface area (Å²) in [6.07, 6.45) is 0. The van der Waals surface area contributed by atoms with E-state index < -0.39 is 17.7 Å². The monoisotopic (exact) mass is 491 g/mol. The highest BCUT2D eigenvalue weighted by molar-refractivity contribution is 6.35. The Balaban J connectivity index is 2.29. The summed E-state index contributed by atoms with van der Waals surface area (Å²) in [7, 11) is 0. The molecule has 2 aromatic rings. The van der Waals surface area contributed by atoms with Crippen molar-refractivity contribution >= 4 is 34.7 Å². The maximum atomic E-state index is 12.9. The van der Waals surface area contributed by atoms with Gasteiger partial charge >= 0.3 is 0 Å². The Morgan fingerprint density at radius 3 is 2.03 bits per heavy atom. The molecule has 34 heavy (non-hydrogen) atoms. The Labute approximate surface area is 204 Å². The minimum absolute atomic E-state index is 0.158. The smallest absolute Gasteiger partial charge is 0.258 e. The predicted molar refractivity (Wildman–Crippen MR) is 130 cm³/mol. The second-order valence-corrected chi connectivity index (χ2v) is 7.24. The lowest BCUT2D eigenvalue weighted by molar-refractivity contribution is -0.126. The van der Waals surface area contributed by atoms with Crippen LogP contribution in [0.2, 0.25) is 5.02 Å². The van der Waals surface area contributed by atoms with Gasteiger partial charge in [0.05, 0.1) is 37.8 Å². The van der Waals surface area contributed by atoms with Crippen molar-refractivity contribution in [3.05, 3.63) is 35.4 Å². The molecule has 2 aromatic carbocycles. The van der Waals surface area contributed by atoms with Gasteiger partial charge in [-0.05, 0) is 46.8 Å². The third-order valence-electron chi connectivity index (χ3n) is 4.32. The Kier molecular flexibility index (Phi) is 10.6. The Morgan fingerprint density at radius 1 is 0.912 bits per heavy atom. The SMILES string of the molecule is CCOc1cc(N=NC(C(C)=O)C(=O)Nc2ccc(OCC)c(OCC)c2Cl)cc(OCC)c1. The molecule has 0 saturated carbocycles. The zero-order valence-corrected chi connectivity index (χ0v) is 20.8. The molecule has 1 N–H and O–H groups in total. The lowest BCUT2D eigenvalue weighted by atomic mass is 10.2. The van der Waals surface area contributed by atoms with Gasteiger partial charge in [-0.1, -0.05) is 11.6 Å². The number of halogens is 1. The van der Waals surface area contributed by atoms with Crippen LogP contribution >= 0.6 is 11.6 Å². The highest BCUT2D eigenvalue weighted by Gasteiger charge is 2.25. The number of anilines is 1. The fourth-order valence-electron chi connectivity index (χ4n) is 2.94. The van der Waals surface area contributed by atoms with Crippen LogP contribution in [0.25, 0.3) is 0 Å². The second kappa shape index (κ2) is 13.4. The maximum Gasteiger partial charge on any atom is 0.258 e. The van der Waals surface area contributed by atoms with Gasteiger partial charge < -0.3 is 24.3 Å². The molecule has 0 aliphatic heterocycles. The summed E-state index contributed by atoms with van der Waals surface area (Å²) in [6.45, 7) is 10.3. The number of azo groups is 1. The van der Waals surface area contributed by atoms with Crippen LogP contribution in [0.5, 0.6) is 23.0 Å². The van der Waals surface area contributed by atoms with Gasteiger partial charge in [-0.15, -0.1) is 0 Å². The molecule has 0 bridgehead atoms. The minimum Gasteiger partial charge on any atom is -0.494 e. The minimum atomic E-state index is -1.38. The first-order chi connectivity index (χ1) is 16.3. The van der Waals surface area contributed by atoms with Crippen LogP contribution in [0.3, 0.4) is 0 Å². The van der Waals surface area contributed by atoms with E-state index in [1.54, 1.807) is 37.3 Å². The van der Waals surface area contributed by atoms with E-state index in [9.17, 15) is 9.59 Å². The molecule has 1 unspecified atom stereocenters. The summed E-state index contributed by atoms with van der Waals surface area (Å²) in [5.41, 5.74) is 0.642. The van der Waals surface area contributed by atoms with E-state index in [4.69, 9.17) is 30.5 Å². The van der Waals surface area contributed by atoms with E-state index >= 15 is 0 Å². The van der Waals surface area contributed by atoms with E-state index in [2.05, 4.69) is 15.5 Å². The fourth-order valence-corrected chi connectivity index (χ4v) is 3.20. The number of amides is 1. The number of rotatable bonds is 13. The largest absolute Gasteiger partial charge is 0.494 e. The number of ether oxygens (including phenoxy) is 4. The van der Waals surface area contributed by atoms with Crippen molar-refractivity contribution in [3.8, 4) is 23.0 Å². The highest BCUT2D eigenvalue weighted by atomic mass is 35.5. The lowest BCUT2D eigenvalue weighted by Gasteiger charge is -2.16. The first-order valence-electron chi connectivity index (χ1n) is 11.0. The topological polar surface area (TPSA) is 108 Å². The number of nitrogens with zero attached hydrogens (tertiary/aromatic N) is 2. The van der Waals surface area contributed by atoms with Crippen LogP contribution < -0.4 is 24.3 Å². The third kappa shape index (κ3) is 7.34. The van der Waals surface area contributed by atoms with Crippen molar-refractivity contribution in [2.45, 2.75) is 40.7 Å². The van der Waals surface area contributed by atoms with E-state index in [0.717, 1.165) is 0 Å². The number of benzene rings is 2. The average Bonchev–Trinajstić information content (AvgIpc) is 2.78. The van der Waals surface area contributed by atoms with Gasteiger partial charge in [0.1, 0.15) is 16.5 Å². The summed E-state index contributed by atoms with van der Waals surface area (Å²) in [4.78, 5) is 25.1. The van der Waals surface area contributed by atoms with Gasteiger partial charge in [0.2, 0.25) is 6.04 Å². The quantitative estimate of drug-likeness (QED) is 0.288. The summed E-state index contributed by atoms with van der Waals surface area (Å²) in [6, 6.07) is 6.83. The number of nitrogens with one attached hydrogen (secondary N) is 1. The van der Waals surface area contributed by atoms with Crippen molar-refractivity contribution < 1.29 is 28.5 Å². The molecule has 184 valence electrons. The number of Topliss-reactive ketones (excluding diaryl/α,β-unsaturated/α-hetero) is 1. The molecule has 2 rings (SSSR count). The first kappa shape index (κ1) is 26.9. The molecule has 0 fully saturated rings. The van der Waals surface area contributed by atoms with Gasteiger partial charge in [-0.25, -0.2) is 0 Å². The number of hydrogen-bond donors (Lipinski definition) is 1. The summed E-state index contributed by atoms with van der Waals surface area (Å²) < 4.78 is 22.1. The van der Waals surface area contributed by atoms with E-state index in [0.29, 0.717) is 55.1 Å². The van der Waals surface area contributed by atoms with Gasteiger partial charge in [-0.2, -0.15) is 10.2 Å². The molecule has 0 radical (unpaired) electrons. The standard InChI is InChI=1S/C24H30ClN3O6/c1-6-31-17-12-16(13-18(14-17)32-7-2)27-28-22(15(5)29)24(30)26-19-10-11-20(33-8-3)23(21(19)25)34-9-4/h10-14,22H,6-9H2,1-5H3,(H,26,30). The molecular weight excluding hydrogens is 462 g/mol. The summed E-state index contributed by atoms with van der Waals surface area (Å²) >= 11 is 6.44. The first-order valence-corrected chi connectivity index (χ1v) is 11.4. The highest BCUT2D eigenvalue weighted by Crippen LogP contribution is 2.40. The van der Waals surface area contributed by atoms with Crippen LogP contribution in [0.15, 0.2) is 40.6 Å². The van der Waals surface area contributed by atoms with E-state index in [1.165, 1.54) is 6.92 Å². The van der Waals surface area contributed by atoms with Crippen molar-refractivity contribution in [3.63, 3.8) is 0 Å². The molecular formula is C24H30ClN3O6. The predicted octanol–water partition coefficient (Wildman–Crippen LogP) is 5.61. The zero-order valence-electron chi connectivity index (χ0n) is 20.0. The molecule has 0 saturated heterocycles. The Hall–Kier alpha value is -3.33. The maximum absolute atomic E-state index is 12.9. The van der Waals surface area contributed by atoms with Crippen molar-refractivity contribution in [2.75, 3.05) is 31.7 Å². The van der Waals surface area contributed by atoms with Gasteiger partial charge in [-0.3, -0.25) is 9.59 Å². The Morgan fingerprint density at radius 2 is 1.50 bits per heavy atom.